The Balaban J connectivity index is 0. The Hall–Kier alpha value is -1.09. The summed E-state index contributed by atoms with van der Waals surface area (Å²) in [5.74, 6) is -0.211. The molecule has 0 amide bonds. The van der Waals surface area contributed by atoms with Crippen LogP contribution in [0.2, 0.25) is 0 Å². The Morgan fingerprint density at radius 3 is 1.92 bits per heavy atom. The Labute approximate surface area is 80.0 Å². The zero-order valence-corrected chi connectivity index (χ0v) is 8.41. The summed E-state index contributed by atoms with van der Waals surface area (Å²) in [4.78, 5) is 9.82. The molecule has 0 aromatic carbocycles. The molecule has 0 aliphatic rings. The van der Waals surface area contributed by atoms with E-state index in [1.54, 1.807) is 19.1 Å². The number of carbonyl (C=O) groups excluding carboxylic acids is 1. The van der Waals surface area contributed by atoms with Crippen molar-refractivity contribution >= 4 is 5.97 Å². The van der Waals surface area contributed by atoms with Crippen LogP contribution in [0.1, 0.15) is 13.8 Å². The molecule has 0 heterocycles. The van der Waals surface area contributed by atoms with Crippen molar-refractivity contribution in [3.8, 4) is 0 Å². The van der Waals surface area contributed by atoms with E-state index in [2.05, 4.69) is 17.9 Å². The van der Waals surface area contributed by atoms with E-state index in [1.165, 1.54) is 6.92 Å². The molecule has 0 aliphatic carbocycles. The summed E-state index contributed by atoms with van der Waals surface area (Å²) < 4.78 is 9.30. The van der Waals surface area contributed by atoms with Crippen molar-refractivity contribution in [2.75, 3.05) is 19.8 Å². The highest BCUT2D eigenvalue weighted by molar-refractivity contribution is 5.65. The van der Waals surface area contributed by atoms with Crippen molar-refractivity contribution in [2.24, 2.45) is 0 Å². The van der Waals surface area contributed by atoms with E-state index in [1.807, 2.05) is 0 Å². The van der Waals surface area contributed by atoms with Crippen molar-refractivity contribution in [1.29, 1.82) is 0 Å². The number of rotatable bonds is 5. The lowest BCUT2D eigenvalue weighted by Crippen LogP contribution is -1.95. The van der Waals surface area contributed by atoms with E-state index in [4.69, 9.17) is 4.74 Å². The molecular formula is C10H18O3. The van der Waals surface area contributed by atoms with Crippen molar-refractivity contribution < 1.29 is 14.3 Å². The lowest BCUT2D eigenvalue weighted by molar-refractivity contribution is -0.140. The van der Waals surface area contributed by atoms with Crippen LogP contribution >= 0.6 is 0 Å². The number of hydrogen-bond acceptors (Lipinski definition) is 3. The molecule has 0 bridgehead atoms. The van der Waals surface area contributed by atoms with E-state index in [9.17, 15) is 4.79 Å². The molecule has 0 fully saturated rings. The van der Waals surface area contributed by atoms with Crippen LogP contribution in [0.15, 0.2) is 25.3 Å². The third kappa shape index (κ3) is 24.8. The van der Waals surface area contributed by atoms with Crippen LogP contribution in [0, 0.1) is 0 Å². The summed E-state index contributed by atoms with van der Waals surface area (Å²) in [6.07, 6.45) is 3.42. The highest BCUT2D eigenvalue weighted by Gasteiger charge is 1.81. The van der Waals surface area contributed by atoms with Gasteiger partial charge in [0.15, 0.2) is 0 Å². The maximum absolute atomic E-state index is 9.82. The normalized spacial score (nSPS) is 7.85. The van der Waals surface area contributed by atoms with Gasteiger partial charge >= 0.3 is 5.97 Å². The van der Waals surface area contributed by atoms with E-state index < -0.39 is 0 Å². The van der Waals surface area contributed by atoms with Gasteiger partial charge in [0.05, 0.1) is 19.8 Å². The van der Waals surface area contributed by atoms with Gasteiger partial charge in [-0.2, -0.15) is 0 Å². The van der Waals surface area contributed by atoms with Gasteiger partial charge in [-0.15, -0.1) is 13.2 Å². The van der Waals surface area contributed by atoms with Gasteiger partial charge in [-0.25, -0.2) is 0 Å². The SMILES string of the molecule is C=CCOCC=C.CCOC(C)=O. The predicted molar refractivity (Wildman–Crippen MR) is 53.5 cm³/mol. The fourth-order valence-corrected chi connectivity index (χ4v) is 0.438. The van der Waals surface area contributed by atoms with Crippen LogP contribution in [0.3, 0.4) is 0 Å². The molecule has 0 rings (SSSR count). The van der Waals surface area contributed by atoms with Gasteiger partial charge in [0.2, 0.25) is 0 Å². The van der Waals surface area contributed by atoms with Crippen molar-refractivity contribution in [1.82, 2.24) is 0 Å². The van der Waals surface area contributed by atoms with Crippen LogP contribution < -0.4 is 0 Å². The van der Waals surface area contributed by atoms with Gasteiger partial charge in [-0.3, -0.25) is 4.79 Å². The fraction of sp³-hybridized carbons (Fsp3) is 0.500. The second-order valence-electron chi connectivity index (χ2n) is 2.04. The average molecular weight is 186 g/mol. The molecule has 0 N–H and O–H groups in total. The molecule has 0 unspecified atom stereocenters. The first-order valence-corrected chi connectivity index (χ1v) is 4.11. The zero-order chi connectivity index (χ0) is 10.5. The number of carbonyl (C=O) groups is 1. The first kappa shape index (κ1) is 14.4. The maximum Gasteiger partial charge on any atom is 0.302 e. The predicted octanol–water partition coefficient (Wildman–Crippen LogP) is 1.94. The minimum absolute atomic E-state index is 0.211. The van der Waals surface area contributed by atoms with Gasteiger partial charge in [0.1, 0.15) is 0 Å². The number of hydrogen-bond donors (Lipinski definition) is 0. The molecule has 13 heavy (non-hydrogen) atoms. The highest BCUT2D eigenvalue weighted by atomic mass is 16.5. The third-order valence-electron chi connectivity index (χ3n) is 0.819. The highest BCUT2D eigenvalue weighted by Crippen LogP contribution is 1.72. The summed E-state index contributed by atoms with van der Waals surface area (Å²) in [5.41, 5.74) is 0. The minimum atomic E-state index is -0.211. The molecule has 0 saturated heterocycles. The van der Waals surface area contributed by atoms with E-state index in [-0.39, 0.29) is 5.97 Å². The van der Waals surface area contributed by atoms with Crippen LogP contribution in [0.25, 0.3) is 0 Å². The molecule has 0 aromatic rings. The molecule has 0 radical (unpaired) electrons. The molecule has 0 atom stereocenters. The maximum atomic E-state index is 9.82. The lowest BCUT2D eigenvalue weighted by Gasteiger charge is -1.89. The summed E-state index contributed by atoms with van der Waals surface area (Å²) in [5, 5.41) is 0. The Morgan fingerprint density at radius 2 is 1.77 bits per heavy atom. The molecule has 76 valence electrons. The van der Waals surface area contributed by atoms with Crippen molar-refractivity contribution in [3.63, 3.8) is 0 Å². The summed E-state index contributed by atoms with van der Waals surface area (Å²) in [7, 11) is 0. The van der Waals surface area contributed by atoms with Crippen LogP contribution in [-0.2, 0) is 14.3 Å². The van der Waals surface area contributed by atoms with Crippen molar-refractivity contribution in [2.45, 2.75) is 13.8 Å². The second kappa shape index (κ2) is 13.5. The van der Waals surface area contributed by atoms with Gasteiger partial charge in [-0.05, 0) is 6.92 Å². The number of ether oxygens (including phenoxy) is 2. The standard InChI is InChI=1S/C6H10O.C4H8O2/c1-3-5-7-6-4-2;1-3-6-4(2)5/h3-4H,1-2,5-6H2;3H2,1-2H3. The van der Waals surface area contributed by atoms with E-state index >= 15 is 0 Å². The van der Waals surface area contributed by atoms with Crippen LogP contribution in [0.5, 0.6) is 0 Å². The Kier molecular flexibility index (Phi) is 15.0. The molecule has 0 aliphatic heterocycles. The quantitative estimate of drug-likeness (QED) is 0.374. The van der Waals surface area contributed by atoms with Gasteiger partial charge < -0.3 is 9.47 Å². The molecular weight excluding hydrogens is 168 g/mol. The van der Waals surface area contributed by atoms with Crippen LogP contribution in [0.4, 0.5) is 0 Å². The Morgan fingerprint density at radius 1 is 1.31 bits per heavy atom. The van der Waals surface area contributed by atoms with Gasteiger partial charge in [0.25, 0.3) is 0 Å². The monoisotopic (exact) mass is 186 g/mol. The van der Waals surface area contributed by atoms with E-state index in [0.717, 1.165) is 0 Å². The first-order valence-electron chi connectivity index (χ1n) is 4.11. The number of esters is 1. The Bertz CT molecular complexity index is 133. The lowest BCUT2D eigenvalue weighted by atomic mass is 10.6. The first-order chi connectivity index (χ1) is 6.18. The molecule has 3 heteroatoms. The molecule has 0 spiro atoms. The van der Waals surface area contributed by atoms with Gasteiger partial charge in [0, 0.05) is 6.92 Å². The zero-order valence-electron chi connectivity index (χ0n) is 8.41. The summed E-state index contributed by atoms with van der Waals surface area (Å²) >= 11 is 0. The minimum Gasteiger partial charge on any atom is -0.466 e. The summed E-state index contributed by atoms with van der Waals surface area (Å²) in [6, 6.07) is 0. The fourth-order valence-electron chi connectivity index (χ4n) is 0.438. The molecule has 0 saturated carbocycles. The summed E-state index contributed by atoms with van der Waals surface area (Å²) in [6.45, 7) is 11.8. The largest absolute Gasteiger partial charge is 0.466 e. The third-order valence-corrected chi connectivity index (χ3v) is 0.819. The molecule has 0 aromatic heterocycles. The average Bonchev–Trinajstić information content (AvgIpc) is 2.06. The smallest absolute Gasteiger partial charge is 0.302 e. The topological polar surface area (TPSA) is 35.5 Å². The second-order valence-corrected chi connectivity index (χ2v) is 2.04. The molecule has 3 nitrogen and oxygen atoms in total. The van der Waals surface area contributed by atoms with Crippen molar-refractivity contribution in [3.05, 3.63) is 25.3 Å². The van der Waals surface area contributed by atoms with Gasteiger partial charge in [-0.1, -0.05) is 12.2 Å². The van der Waals surface area contributed by atoms with E-state index in [0.29, 0.717) is 19.8 Å². The van der Waals surface area contributed by atoms with Crippen LogP contribution in [-0.4, -0.2) is 25.8 Å².